The normalized spacial score (nSPS) is 13.6. The van der Waals surface area contributed by atoms with E-state index in [0.29, 0.717) is 17.9 Å². The summed E-state index contributed by atoms with van der Waals surface area (Å²) in [7, 11) is 3.18. The summed E-state index contributed by atoms with van der Waals surface area (Å²) < 4.78 is 10.8. The smallest absolute Gasteiger partial charge is 0.256 e. The molecule has 2 rings (SSSR count). The lowest BCUT2D eigenvalue weighted by atomic mass is 9.97. The van der Waals surface area contributed by atoms with E-state index in [9.17, 15) is 4.79 Å². The van der Waals surface area contributed by atoms with E-state index >= 15 is 0 Å². The molecule has 0 saturated carbocycles. The highest BCUT2D eigenvalue weighted by Gasteiger charge is 2.32. The molecule has 0 saturated heterocycles. The Balaban J connectivity index is 2.33. The maximum Gasteiger partial charge on any atom is 0.256 e. The summed E-state index contributed by atoms with van der Waals surface area (Å²) in [4.78, 5) is 17.0. The number of carbonyl (C=O) groups is 1. The minimum atomic E-state index is -0.843. The number of nitrogens with zero attached hydrogens (tertiary/aromatic N) is 1. The maximum atomic E-state index is 12.7. The quantitative estimate of drug-likeness (QED) is 0.844. The number of rotatable bonds is 7. The van der Waals surface area contributed by atoms with Gasteiger partial charge in [-0.25, -0.2) is 0 Å². The SMILES string of the molecule is CCCCC(C)(OC)C(=O)Nc1ccc(OC)c2ncccc12. The highest BCUT2D eigenvalue weighted by Crippen LogP contribution is 2.31. The lowest BCUT2D eigenvalue weighted by Gasteiger charge is -2.27. The molecule has 2 aromatic rings. The number of hydrogen-bond donors (Lipinski definition) is 1. The molecule has 0 spiro atoms. The number of aromatic nitrogens is 1. The van der Waals surface area contributed by atoms with Crippen LogP contribution < -0.4 is 10.1 Å². The predicted molar refractivity (Wildman–Crippen MR) is 91.9 cm³/mol. The fourth-order valence-electron chi connectivity index (χ4n) is 2.50. The van der Waals surface area contributed by atoms with Crippen molar-refractivity contribution in [2.45, 2.75) is 38.7 Å². The molecule has 1 aromatic heterocycles. The summed E-state index contributed by atoms with van der Waals surface area (Å²) in [6.45, 7) is 3.92. The molecule has 1 atom stereocenters. The van der Waals surface area contributed by atoms with Crippen LogP contribution in [0, 0.1) is 0 Å². The lowest BCUT2D eigenvalue weighted by molar-refractivity contribution is -0.136. The molecule has 5 nitrogen and oxygen atoms in total. The Morgan fingerprint density at radius 2 is 2.09 bits per heavy atom. The van der Waals surface area contributed by atoms with Crippen molar-refractivity contribution in [2.75, 3.05) is 19.5 Å². The molecule has 124 valence electrons. The molecule has 1 amide bonds. The van der Waals surface area contributed by atoms with Gasteiger partial charge in [-0.15, -0.1) is 0 Å². The van der Waals surface area contributed by atoms with Crippen molar-refractivity contribution < 1.29 is 14.3 Å². The topological polar surface area (TPSA) is 60.5 Å². The van der Waals surface area contributed by atoms with Crippen LogP contribution in [0.25, 0.3) is 10.9 Å². The third-order valence-electron chi connectivity index (χ3n) is 4.14. The number of nitrogens with one attached hydrogen (secondary N) is 1. The van der Waals surface area contributed by atoms with Crippen molar-refractivity contribution in [1.29, 1.82) is 0 Å². The van der Waals surface area contributed by atoms with Gasteiger partial charge in [-0.2, -0.15) is 0 Å². The van der Waals surface area contributed by atoms with Crippen molar-refractivity contribution in [3.8, 4) is 5.75 Å². The number of methoxy groups -OCH3 is 2. The van der Waals surface area contributed by atoms with E-state index in [4.69, 9.17) is 9.47 Å². The van der Waals surface area contributed by atoms with E-state index in [1.54, 1.807) is 26.5 Å². The Morgan fingerprint density at radius 3 is 2.74 bits per heavy atom. The molecule has 0 bridgehead atoms. The van der Waals surface area contributed by atoms with Crippen LogP contribution in [0.5, 0.6) is 5.75 Å². The Hall–Kier alpha value is -2.14. The molecule has 1 unspecified atom stereocenters. The summed E-state index contributed by atoms with van der Waals surface area (Å²) in [5, 5.41) is 3.82. The molecular formula is C18H24N2O3. The first-order valence-corrected chi connectivity index (χ1v) is 7.84. The van der Waals surface area contributed by atoms with Crippen LogP contribution in [0.1, 0.15) is 33.1 Å². The minimum Gasteiger partial charge on any atom is -0.494 e. The minimum absolute atomic E-state index is 0.149. The zero-order chi connectivity index (χ0) is 16.9. The average Bonchev–Trinajstić information content (AvgIpc) is 2.59. The first kappa shape index (κ1) is 17.2. The van der Waals surface area contributed by atoms with Crippen LogP contribution in [0.15, 0.2) is 30.5 Å². The van der Waals surface area contributed by atoms with Gasteiger partial charge in [0.25, 0.3) is 5.91 Å². The molecule has 0 aliphatic carbocycles. The number of benzene rings is 1. The maximum absolute atomic E-state index is 12.7. The van der Waals surface area contributed by atoms with Gasteiger partial charge < -0.3 is 14.8 Å². The monoisotopic (exact) mass is 316 g/mol. The van der Waals surface area contributed by atoms with Crippen molar-refractivity contribution in [2.24, 2.45) is 0 Å². The van der Waals surface area contributed by atoms with Crippen LogP contribution in [-0.4, -0.2) is 30.7 Å². The van der Waals surface area contributed by atoms with E-state index in [0.717, 1.165) is 23.7 Å². The number of carbonyl (C=O) groups excluding carboxylic acids is 1. The first-order chi connectivity index (χ1) is 11.1. The second kappa shape index (κ2) is 7.42. The van der Waals surface area contributed by atoms with Gasteiger partial charge in [0.1, 0.15) is 16.9 Å². The largest absolute Gasteiger partial charge is 0.494 e. The Labute approximate surface area is 137 Å². The number of hydrogen-bond acceptors (Lipinski definition) is 4. The molecule has 5 heteroatoms. The number of anilines is 1. The zero-order valence-electron chi connectivity index (χ0n) is 14.2. The van der Waals surface area contributed by atoms with E-state index in [1.165, 1.54) is 0 Å². The molecular weight excluding hydrogens is 292 g/mol. The standard InChI is InChI=1S/C18H24N2O3/c1-5-6-11-18(2,23-4)17(21)20-14-9-10-15(22-3)16-13(14)8-7-12-19-16/h7-10,12H,5-6,11H2,1-4H3,(H,20,21). The first-order valence-electron chi connectivity index (χ1n) is 7.84. The second-order valence-corrected chi connectivity index (χ2v) is 5.71. The van der Waals surface area contributed by atoms with Crippen molar-refractivity contribution in [1.82, 2.24) is 4.98 Å². The summed E-state index contributed by atoms with van der Waals surface area (Å²) in [6, 6.07) is 7.39. The molecule has 0 fully saturated rings. The molecule has 0 aliphatic heterocycles. The van der Waals surface area contributed by atoms with Crippen LogP contribution in [0.4, 0.5) is 5.69 Å². The number of pyridine rings is 1. The van der Waals surface area contributed by atoms with Gasteiger partial charge in [0, 0.05) is 18.7 Å². The van der Waals surface area contributed by atoms with Gasteiger partial charge >= 0.3 is 0 Å². The van der Waals surface area contributed by atoms with Gasteiger partial charge in [-0.05, 0) is 37.6 Å². The average molecular weight is 316 g/mol. The van der Waals surface area contributed by atoms with Gasteiger partial charge in [0.15, 0.2) is 0 Å². The molecule has 23 heavy (non-hydrogen) atoms. The fourth-order valence-corrected chi connectivity index (χ4v) is 2.50. The van der Waals surface area contributed by atoms with E-state index in [-0.39, 0.29) is 5.91 Å². The van der Waals surface area contributed by atoms with Crippen molar-refractivity contribution in [3.63, 3.8) is 0 Å². The lowest BCUT2D eigenvalue weighted by Crippen LogP contribution is -2.42. The van der Waals surface area contributed by atoms with Crippen molar-refractivity contribution >= 4 is 22.5 Å². The van der Waals surface area contributed by atoms with Crippen LogP contribution in [-0.2, 0) is 9.53 Å². The molecule has 1 aromatic carbocycles. The van der Waals surface area contributed by atoms with Crippen molar-refractivity contribution in [3.05, 3.63) is 30.5 Å². The Morgan fingerprint density at radius 1 is 1.30 bits per heavy atom. The molecule has 0 aliphatic rings. The summed E-state index contributed by atoms with van der Waals surface area (Å²) in [5.41, 5.74) is 0.587. The highest BCUT2D eigenvalue weighted by atomic mass is 16.5. The molecule has 0 radical (unpaired) electrons. The summed E-state index contributed by atoms with van der Waals surface area (Å²) in [5.74, 6) is 0.530. The van der Waals surface area contributed by atoms with E-state index in [1.807, 2.05) is 25.1 Å². The van der Waals surface area contributed by atoms with E-state index in [2.05, 4.69) is 17.2 Å². The third kappa shape index (κ3) is 3.62. The van der Waals surface area contributed by atoms with Gasteiger partial charge in [-0.3, -0.25) is 9.78 Å². The Bertz CT molecular complexity index is 687. The van der Waals surface area contributed by atoms with Crippen LogP contribution >= 0.6 is 0 Å². The Kier molecular flexibility index (Phi) is 5.55. The summed E-state index contributed by atoms with van der Waals surface area (Å²) >= 11 is 0. The number of fused-ring (bicyclic) bond motifs is 1. The van der Waals surface area contributed by atoms with E-state index < -0.39 is 5.60 Å². The number of unbranched alkanes of at least 4 members (excludes halogenated alkanes) is 1. The van der Waals surface area contributed by atoms with Gasteiger partial charge in [0.2, 0.25) is 0 Å². The zero-order valence-corrected chi connectivity index (χ0v) is 14.2. The number of amides is 1. The third-order valence-corrected chi connectivity index (χ3v) is 4.14. The highest BCUT2D eigenvalue weighted by molar-refractivity contribution is 6.05. The van der Waals surface area contributed by atoms with Crippen LogP contribution in [0.2, 0.25) is 0 Å². The second-order valence-electron chi connectivity index (χ2n) is 5.71. The van der Waals surface area contributed by atoms with Crippen LogP contribution in [0.3, 0.4) is 0 Å². The fraction of sp³-hybridized carbons (Fsp3) is 0.444. The van der Waals surface area contributed by atoms with Gasteiger partial charge in [0.05, 0.1) is 12.8 Å². The summed E-state index contributed by atoms with van der Waals surface area (Å²) in [6.07, 6.45) is 4.33. The molecule has 1 N–H and O–H groups in total. The van der Waals surface area contributed by atoms with Gasteiger partial charge in [-0.1, -0.05) is 19.8 Å². The molecule has 1 heterocycles. The predicted octanol–water partition coefficient (Wildman–Crippen LogP) is 3.78. The number of ether oxygens (including phenoxy) is 2.